The van der Waals surface area contributed by atoms with Crippen molar-refractivity contribution < 1.29 is 9.59 Å². The average molecular weight is 318 g/mol. The van der Waals surface area contributed by atoms with Crippen molar-refractivity contribution in [3.05, 3.63) is 24.0 Å². The molecule has 6 nitrogen and oxygen atoms in total. The Morgan fingerprint density at radius 3 is 2.70 bits per heavy atom. The van der Waals surface area contributed by atoms with E-state index in [0.29, 0.717) is 0 Å². The van der Waals surface area contributed by atoms with Gasteiger partial charge in [-0.05, 0) is 44.4 Å². The molecule has 2 heterocycles. The first kappa shape index (κ1) is 16.1. The Kier molecular flexibility index (Phi) is 5.00. The maximum Gasteiger partial charge on any atom is 0.321 e. The lowest BCUT2D eigenvalue weighted by molar-refractivity contribution is -0.121. The molecule has 1 aromatic rings. The van der Waals surface area contributed by atoms with Gasteiger partial charge in [-0.15, -0.1) is 0 Å². The second-order valence-corrected chi connectivity index (χ2v) is 6.68. The van der Waals surface area contributed by atoms with Crippen molar-refractivity contribution in [1.29, 1.82) is 0 Å². The van der Waals surface area contributed by atoms with Crippen LogP contribution >= 0.6 is 0 Å². The number of urea groups is 1. The summed E-state index contributed by atoms with van der Waals surface area (Å²) in [5.41, 5.74) is 1.23. The third-order valence-electron chi connectivity index (χ3n) is 4.98. The number of aromatic nitrogens is 1. The molecule has 23 heavy (non-hydrogen) atoms. The van der Waals surface area contributed by atoms with E-state index in [1.807, 2.05) is 19.3 Å². The summed E-state index contributed by atoms with van der Waals surface area (Å²) in [5.74, 6) is -0.221. The van der Waals surface area contributed by atoms with Gasteiger partial charge < -0.3 is 9.88 Å². The number of likely N-dealkylation sites (tertiary alicyclic amines) is 1. The van der Waals surface area contributed by atoms with Gasteiger partial charge in [-0.1, -0.05) is 12.8 Å². The zero-order valence-electron chi connectivity index (χ0n) is 13.8. The van der Waals surface area contributed by atoms with Crippen LogP contribution in [-0.2, 0) is 11.8 Å². The highest BCUT2D eigenvalue weighted by Crippen LogP contribution is 2.31. The van der Waals surface area contributed by atoms with Crippen molar-refractivity contribution >= 4 is 11.9 Å². The third-order valence-corrected chi connectivity index (χ3v) is 4.98. The first-order chi connectivity index (χ1) is 11.1. The van der Waals surface area contributed by atoms with Gasteiger partial charge >= 0.3 is 6.03 Å². The molecule has 2 aliphatic rings. The van der Waals surface area contributed by atoms with Gasteiger partial charge in [-0.3, -0.25) is 15.0 Å². The number of carbonyl (C=O) groups is 2. The van der Waals surface area contributed by atoms with Gasteiger partial charge in [0.25, 0.3) is 0 Å². The molecule has 1 saturated heterocycles. The maximum absolute atomic E-state index is 12.2. The fourth-order valence-electron chi connectivity index (χ4n) is 3.81. The lowest BCUT2D eigenvalue weighted by Crippen LogP contribution is -2.47. The van der Waals surface area contributed by atoms with Crippen molar-refractivity contribution in [2.24, 2.45) is 7.05 Å². The zero-order chi connectivity index (χ0) is 16.2. The second-order valence-electron chi connectivity index (χ2n) is 6.68. The van der Waals surface area contributed by atoms with Gasteiger partial charge in [0.15, 0.2) is 0 Å². The highest BCUT2D eigenvalue weighted by molar-refractivity contribution is 5.95. The first-order valence-corrected chi connectivity index (χ1v) is 8.59. The van der Waals surface area contributed by atoms with Gasteiger partial charge in [-0.2, -0.15) is 0 Å². The Balaban J connectivity index is 1.50. The van der Waals surface area contributed by atoms with Crippen molar-refractivity contribution in [2.75, 3.05) is 13.1 Å². The van der Waals surface area contributed by atoms with E-state index in [-0.39, 0.29) is 30.6 Å². The standard InChI is InChI=1S/C17H26N4O2/c1-20-10-4-8-14(20)15-9-5-11-21(15)12-16(22)19-17(23)18-13-6-2-3-7-13/h4,8,10,13,15H,2-3,5-7,9,11-12H2,1H3,(H2,18,19,22,23). The molecule has 3 amide bonds. The lowest BCUT2D eigenvalue weighted by Gasteiger charge is -2.24. The number of imide groups is 1. The number of nitrogens with one attached hydrogen (secondary N) is 2. The summed E-state index contributed by atoms with van der Waals surface area (Å²) in [6.45, 7) is 1.17. The first-order valence-electron chi connectivity index (χ1n) is 8.59. The van der Waals surface area contributed by atoms with E-state index in [2.05, 4.69) is 26.2 Å². The summed E-state index contributed by atoms with van der Waals surface area (Å²) in [7, 11) is 2.03. The van der Waals surface area contributed by atoms with E-state index in [1.165, 1.54) is 5.69 Å². The molecule has 1 aliphatic carbocycles. The van der Waals surface area contributed by atoms with E-state index in [1.54, 1.807) is 0 Å². The Morgan fingerprint density at radius 2 is 2.00 bits per heavy atom. The topological polar surface area (TPSA) is 66.4 Å². The van der Waals surface area contributed by atoms with Gasteiger partial charge in [0.1, 0.15) is 0 Å². The summed E-state index contributed by atoms with van der Waals surface area (Å²) in [6, 6.07) is 4.27. The van der Waals surface area contributed by atoms with Crippen LogP contribution in [0.15, 0.2) is 18.3 Å². The largest absolute Gasteiger partial charge is 0.353 e. The molecule has 3 rings (SSSR count). The monoisotopic (exact) mass is 318 g/mol. The number of nitrogens with zero attached hydrogens (tertiary/aromatic N) is 2. The Bertz CT molecular complexity index is 563. The van der Waals surface area contributed by atoms with Crippen molar-refractivity contribution in [3.8, 4) is 0 Å². The SMILES string of the molecule is Cn1cccc1C1CCCN1CC(=O)NC(=O)NC1CCCC1. The Morgan fingerprint density at radius 1 is 1.22 bits per heavy atom. The minimum atomic E-state index is -0.350. The molecule has 1 atom stereocenters. The molecular weight excluding hydrogens is 292 g/mol. The molecule has 0 spiro atoms. The molecule has 6 heteroatoms. The van der Waals surface area contributed by atoms with Crippen molar-refractivity contribution in [1.82, 2.24) is 20.1 Å². The molecule has 2 N–H and O–H groups in total. The molecule has 2 fully saturated rings. The Labute approximate surface area is 137 Å². The molecule has 1 saturated carbocycles. The normalized spacial score (nSPS) is 22.4. The predicted molar refractivity (Wildman–Crippen MR) is 87.9 cm³/mol. The molecule has 0 aromatic carbocycles. The minimum absolute atomic E-state index is 0.221. The minimum Gasteiger partial charge on any atom is -0.353 e. The van der Waals surface area contributed by atoms with Crippen LogP contribution in [0.3, 0.4) is 0 Å². The van der Waals surface area contributed by atoms with Crippen LogP contribution in [0.2, 0.25) is 0 Å². The molecule has 0 radical (unpaired) electrons. The zero-order valence-corrected chi connectivity index (χ0v) is 13.8. The third kappa shape index (κ3) is 3.93. The maximum atomic E-state index is 12.2. The van der Waals surface area contributed by atoms with Crippen molar-refractivity contribution in [3.63, 3.8) is 0 Å². The van der Waals surface area contributed by atoms with E-state index >= 15 is 0 Å². The van der Waals surface area contributed by atoms with Crippen LogP contribution in [0.25, 0.3) is 0 Å². The van der Waals surface area contributed by atoms with Gasteiger partial charge in [0.2, 0.25) is 5.91 Å². The molecule has 0 bridgehead atoms. The fraction of sp³-hybridized carbons (Fsp3) is 0.647. The summed E-state index contributed by atoms with van der Waals surface area (Å²) in [6.07, 6.45) is 8.51. The average Bonchev–Trinajstić information content (AvgIpc) is 3.21. The fourth-order valence-corrected chi connectivity index (χ4v) is 3.81. The van der Waals surface area contributed by atoms with Crippen LogP contribution in [-0.4, -0.2) is 40.5 Å². The molecule has 1 aromatic heterocycles. The second kappa shape index (κ2) is 7.17. The lowest BCUT2D eigenvalue weighted by atomic mass is 10.1. The summed E-state index contributed by atoms with van der Waals surface area (Å²) in [4.78, 5) is 26.2. The van der Waals surface area contributed by atoms with Crippen LogP contribution in [0, 0.1) is 0 Å². The molecule has 1 unspecified atom stereocenters. The smallest absolute Gasteiger partial charge is 0.321 e. The van der Waals surface area contributed by atoms with Crippen LogP contribution in [0.5, 0.6) is 0 Å². The van der Waals surface area contributed by atoms with Gasteiger partial charge in [0.05, 0.1) is 12.6 Å². The van der Waals surface area contributed by atoms with Gasteiger partial charge in [0, 0.05) is 25.0 Å². The summed E-state index contributed by atoms with van der Waals surface area (Å²) >= 11 is 0. The number of aryl methyl sites for hydroxylation is 1. The molecule has 126 valence electrons. The quantitative estimate of drug-likeness (QED) is 0.891. The van der Waals surface area contributed by atoms with E-state index in [0.717, 1.165) is 45.1 Å². The highest BCUT2D eigenvalue weighted by Gasteiger charge is 2.29. The number of amides is 3. The van der Waals surface area contributed by atoms with E-state index < -0.39 is 0 Å². The number of hydrogen-bond donors (Lipinski definition) is 2. The van der Waals surface area contributed by atoms with Crippen LogP contribution < -0.4 is 10.6 Å². The van der Waals surface area contributed by atoms with Gasteiger partial charge in [-0.25, -0.2) is 4.79 Å². The summed E-state index contributed by atoms with van der Waals surface area (Å²) in [5, 5.41) is 5.37. The predicted octanol–water partition coefficient (Wildman–Crippen LogP) is 1.93. The summed E-state index contributed by atoms with van der Waals surface area (Å²) < 4.78 is 2.10. The van der Waals surface area contributed by atoms with E-state index in [9.17, 15) is 9.59 Å². The Hall–Kier alpha value is -1.82. The molecular formula is C17H26N4O2. The van der Waals surface area contributed by atoms with Crippen molar-refractivity contribution in [2.45, 2.75) is 50.6 Å². The van der Waals surface area contributed by atoms with E-state index in [4.69, 9.17) is 0 Å². The number of carbonyl (C=O) groups excluding carboxylic acids is 2. The number of rotatable bonds is 4. The number of hydrogen-bond acceptors (Lipinski definition) is 3. The van der Waals surface area contributed by atoms with Crippen LogP contribution in [0.4, 0.5) is 4.79 Å². The van der Waals surface area contributed by atoms with Crippen LogP contribution in [0.1, 0.15) is 50.3 Å². The molecule has 1 aliphatic heterocycles. The highest BCUT2D eigenvalue weighted by atomic mass is 16.2.